The van der Waals surface area contributed by atoms with Crippen molar-refractivity contribution in [3.05, 3.63) is 29.6 Å². The van der Waals surface area contributed by atoms with Crippen LogP contribution in [-0.2, 0) is 11.2 Å². The van der Waals surface area contributed by atoms with Gasteiger partial charge in [-0.3, -0.25) is 4.79 Å². The van der Waals surface area contributed by atoms with E-state index in [0.717, 1.165) is 0 Å². The molecule has 0 aromatic heterocycles. The number of benzene rings is 1. The Bertz CT molecular complexity index is 404. The molecule has 17 heavy (non-hydrogen) atoms. The number of carbonyl (C=O) groups excluding carboxylic acids is 1. The van der Waals surface area contributed by atoms with Crippen LogP contribution in [0.2, 0.25) is 0 Å². The van der Waals surface area contributed by atoms with Gasteiger partial charge in [0.15, 0.2) is 0 Å². The molecule has 0 N–H and O–H groups in total. The van der Waals surface area contributed by atoms with E-state index < -0.39 is 0 Å². The molecule has 1 atom stereocenters. The number of hydrogen-bond donors (Lipinski definition) is 0. The van der Waals surface area contributed by atoms with E-state index in [1.54, 1.807) is 12.1 Å². The van der Waals surface area contributed by atoms with Crippen molar-refractivity contribution in [1.82, 2.24) is 0 Å². The summed E-state index contributed by atoms with van der Waals surface area (Å²) in [6.45, 7) is 3.66. The van der Waals surface area contributed by atoms with Crippen LogP contribution in [0.25, 0.3) is 0 Å². The van der Waals surface area contributed by atoms with Crippen molar-refractivity contribution in [2.45, 2.75) is 25.1 Å². The Morgan fingerprint density at radius 3 is 2.65 bits per heavy atom. The minimum atomic E-state index is -0.357. The summed E-state index contributed by atoms with van der Waals surface area (Å²) < 4.78 is 18.6. The molecule has 4 heteroatoms. The second kappa shape index (κ2) is 6.15. The molecule has 0 bridgehead atoms. The molecule has 1 aromatic rings. The lowest BCUT2D eigenvalue weighted by atomic mass is 10.0. The minimum Gasteiger partial charge on any atom is -0.497 e. The van der Waals surface area contributed by atoms with Crippen molar-refractivity contribution in [3.63, 3.8) is 0 Å². The molecule has 0 radical (unpaired) electrons. The predicted octanol–water partition coefficient (Wildman–Crippen LogP) is 3.37. The lowest BCUT2D eigenvalue weighted by Gasteiger charge is -2.12. The first-order valence-corrected chi connectivity index (χ1v) is 6.37. The molecule has 0 aliphatic heterocycles. The first-order valence-electron chi connectivity index (χ1n) is 5.46. The zero-order valence-electron chi connectivity index (χ0n) is 10.2. The van der Waals surface area contributed by atoms with Crippen LogP contribution in [0.1, 0.15) is 19.4 Å². The molecule has 0 fully saturated rings. The monoisotopic (exact) mass is 302 g/mol. The van der Waals surface area contributed by atoms with Crippen LogP contribution in [0, 0.1) is 11.7 Å². The van der Waals surface area contributed by atoms with Gasteiger partial charge in [0.25, 0.3) is 0 Å². The van der Waals surface area contributed by atoms with Crippen molar-refractivity contribution >= 4 is 21.7 Å². The number of ketones is 1. The van der Waals surface area contributed by atoms with Gasteiger partial charge in [-0.05, 0) is 30.2 Å². The first-order chi connectivity index (χ1) is 7.95. The van der Waals surface area contributed by atoms with Gasteiger partial charge in [-0.2, -0.15) is 0 Å². The number of hydrogen-bond acceptors (Lipinski definition) is 2. The van der Waals surface area contributed by atoms with Crippen molar-refractivity contribution in [2.24, 2.45) is 5.92 Å². The first kappa shape index (κ1) is 14.2. The lowest BCUT2D eigenvalue weighted by Crippen LogP contribution is -2.22. The third-order valence-electron chi connectivity index (χ3n) is 2.53. The molecule has 0 heterocycles. The third-order valence-corrected chi connectivity index (χ3v) is 3.30. The zero-order valence-corrected chi connectivity index (χ0v) is 11.8. The molecular weight excluding hydrogens is 287 g/mol. The van der Waals surface area contributed by atoms with Gasteiger partial charge >= 0.3 is 0 Å². The van der Waals surface area contributed by atoms with Crippen LogP contribution in [0.5, 0.6) is 5.75 Å². The predicted molar refractivity (Wildman–Crippen MR) is 69.2 cm³/mol. The van der Waals surface area contributed by atoms with Crippen LogP contribution >= 0.6 is 15.9 Å². The fraction of sp³-hybridized carbons (Fsp3) is 0.462. The summed E-state index contributed by atoms with van der Waals surface area (Å²) in [6.07, 6.45) is 0.333. The summed E-state index contributed by atoms with van der Waals surface area (Å²) in [7, 11) is 1.53. The molecule has 0 aliphatic carbocycles. The van der Waals surface area contributed by atoms with Gasteiger partial charge in [0.05, 0.1) is 11.9 Å². The number of carbonyl (C=O) groups is 1. The summed E-state index contributed by atoms with van der Waals surface area (Å²) in [5.41, 5.74) is 0.486. The number of rotatable bonds is 5. The van der Waals surface area contributed by atoms with Crippen LogP contribution in [0.4, 0.5) is 4.39 Å². The molecule has 1 aromatic carbocycles. The number of Topliss-reactive ketones (excluding diaryl/α,β-unsaturated/α-hetero) is 1. The highest BCUT2D eigenvalue weighted by Gasteiger charge is 2.20. The smallest absolute Gasteiger partial charge is 0.149 e. The Morgan fingerprint density at radius 1 is 1.47 bits per heavy atom. The molecule has 0 amide bonds. The van der Waals surface area contributed by atoms with Gasteiger partial charge in [-0.15, -0.1) is 0 Å². The second-order valence-electron chi connectivity index (χ2n) is 4.19. The SMILES string of the molecule is COc1ccc(F)c(CC(Br)C(=O)C(C)C)c1. The van der Waals surface area contributed by atoms with E-state index in [9.17, 15) is 9.18 Å². The minimum absolute atomic E-state index is 0.0620. The maximum Gasteiger partial charge on any atom is 0.149 e. The van der Waals surface area contributed by atoms with Crippen LogP contribution < -0.4 is 4.74 Å². The summed E-state index contributed by atoms with van der Waals surface area (Å²) in [5.74, 6) is 0.296. The molecule has 94 valence electrons. The van der Waals surface area contributed by atoms with E-state index in [2.05, 4.69) is 15.9 Å². The van der Waals surface area contributed by atoms with Gasteiger partial charge in [0.2, 0.25) is 0 Å². The number of halogens is 2. The van der Waals surface area contributed by atoms with Crippen LogP contribution in [0.15, 0.2) is 18.2 Å². The molecule has 1 unspecified atom stereocenters. The highest BCUT2D eigenvalue weighted by Crippen LogP contribution is 2.21. The molecule has 2 nitrogen and oxygen atoms in total. The van der Waals surface area contributed by atoms with E-state index >= 15 is 0 Å². The van der Waals surface area contributed by atoms with E-state index in [1.165, 1.54) is 13.2 Å². The van der Waals surface area contributed by atoms with E-state index in [4.69, 9.17) is 4.74 Å². The van der Waals surface area contributed by atoms with Crippen molar-refractivity contribution in [2.75, 3.05) is 7.11 Å². The molecule has 0 saturated heterocycles. The molecule has 0 spiro atoms. The summed E-state index contributed by atoms with van der Waals surface area (Å²) >= 11 is 3.30. The maximum absolute atomic E-state index is 13.5. The maximum atomic E-state index is 13.5. The summed E-state index contributed by atoms with van der Waals surface area (Å²) in [5, 5.41) is 0. The molecular formula is C13H16BrFO2. The van der Waals surface area contributed by atoms with E-state index in [1.807, 2.05) is 13.8 Å². The Labute approximate surface area is 109 Å². The largest absolute Gasteiger partial charge is 0.497 e. The topological polar surface area (TPSA) is 26.3 Å². The number of methoxy groups -OCH3 is 1. The Morgan fingerprint density at radius 2 is 2.12 bits per heavy atom. The average Bonchev–Trinajstić information content (AvgIpc) is 2.30. The van der Waals surface area contributed by atoms with Gasteiger partial charge in [0, 0.05) is 5.92 Å². The Kier molecular flexibility index (Phi) is 5.12. The summed E-state index contributed by atoms with van der Waals surface area (Å²) in [4.78, 5) is 11.4. The summed E-state index contributed by atoms with van der Waals surface area (Å²) in [6, 6.07) is 4.54. The Balaban J connectivity index is 2.83. The van der Waals surface area contributed by atoms with Gasteiger partial charge in [0.1, 0.15) is 17.3 Å². The molecule has 0 aliphatic rings. The Hall–Kier alpha value is -0.900. The lowest BCUT2D eigenvalue weighted by molar-refractivity contribution is -0.121. The fourth-order valence-electron chi connectivity index (χ4n) is 1.49. The fourth-order valence-corrected chi connectivity index (χ4v) is 2.37. The normalized spacial score (nSPS) is 12.6. The quantitative estimate of drug-likeness (QED) is 0.780. The van der Waals surface area contributed by atoms with Gasteiger partial charge in [-0.25, -0.2) is 4.39 Å². The number of ether oxygens (including phenoxy) is 1. The standard InChI is InChI=1S/C13H16BrFO2/c1-8(2)13(16)11(14)7-9-6-10(17-3)4-5-12(9)15/h4-6,8,11H,7H2,1-3H3. The van der Waals surface area contributed by atoms with Crippen LogP contribution in [0.3, 0.4) is 0 Å². The van der Waals surface area contributed by atoms with Crippen LogP contribution in [-0.4, -0.2) is 17.7 Å². The van der Waals surface area contributed by atoms with Gasteiger partial charge in [-0.1, -0.05) is 29.8 Å². The van der Waals surface area contributed by atoms with E-state index in [0.29, 0.717) is 17.7 Å². The highest BCUT2D eigenvalue weighted by atomic mass is 79.9. The van der Waals surface area contributed by atoms with Crippen molar-refractivity contribution in [1.29, 1.82) is 0 Å². The molecule has 1 rings (SSSR count). The van der Waals surface area contributed by atoms with E-state index in [-0.39, 0.29) is 22.3 Å². The second-order valence-corrected chi connectivity index (χ2v) is 5.29. The zero-order chi connectivity index (χ0) is 13.0. The van der Waals surface area contributed by atoms with Crippen molar-refractivity contribution < 1.29 is 13.9 Å². The third kappa shape index (κ3) is 3.80. The van der Waals surface area contributed by atoms with Crippen molar-refractivity contribution in [3.8, 4) is 5.75 Å². The molecule has 0 saturated carbocycles. The highest BCUT2D eigenvalue weighted by molar-refractivity contribution is 9.10. The average molecular weight is 303 g/mol. The van der Waals surface area contributed by atoms with Gasteiger partial charge < -0.3 is 4.74 Å². The number of alkyl halides is 1.